The zero-order valence-electron chi connectivity index (χ0n) is 11.9. The molecule has 0 saturated heterocycles. The van der Waals surface area contributed by atoms with Crippen LogP contribution in [0.25, 0.3) is 0 Å². The first-order valence-electron chi connectivity index (χ1n) is 6.55. The highest BCUT2D eigenvalue weighted by atomic mass is 32.2. The molecule has 2 rings (SSSR count). The molecule has 0 bridgehead atoms. The first-order chi connectivity index (χ1) is 9.97. The minimum atomic E-state index is -1.23. The molecule has 0 fully saturated rings. The molecule has 1 atom stereocenters. The second-order valence-electron chi connectivity index (χ2n) is 4.92. The van der Waals surface area contributed by atoms with Gasteiger partial charge in [0.1, 0.15) is 12.2 Å². The van der Waals surface area contributed by atoms with E-state index >= 15 is 0 Å². The average Bonchev–Trinajstić information content (AvgIpc) is 2.87. The van der Waals surface area contributed by atoms with Crippen LogP contribution in [0.15, 0.2) is 35.5 Å². The van der Waals surface area contributed by atoms with E-state index in [1.54, 1.807) is 28.9 Å². The summed E-state index contributed by atoms with van der Waals surface area (Å²) in [5, 5.41) is 12.8. The van der Waals surface area contributed by atoms with Crippen molar-refractivity contribution in [2.75, 3.05) is 0 Å². The van der Waals surface area contributed by atoms with E-state index in [1.807, 2.05) is 13.8 Å². The van der Waals surface area contributed by atoms with Crippen molar-refractivity contribution >= 4 is 16.8 Å². The third-order valence-corrected chi connectivity index (χ3v) is 4.26. The summed E-state index contributed by atoms with van der Waals surface area (Å²) in [5.74, 6) is 0.0862. The van der Waals surface area contributed by atoms with E-state index in [1.165, 1.54) is 6.33 Å². The van der Waals surface area contributed by atoms with Gasteiger partial charge in [0, 0.05) is 10.9 Å². The van der Waals surface area contributed by atoms with Gasteiger partial charge in [0.05, 0.1) is 23.0 Å². The number of carbonyl (C=O) groups is 1. The summed E-state index contributed by atoms with van der Waals surface area (Å²) < 4.78 is 14.1. The van der Waals surface area contributed by atoms with Crippen LogP contribution in [-0.4, -0.2) is 30.0 Å². The quantitative estimate of drug-likeness (QED) is 0.879. The second kappa shape index (κ2) is 6.62. The van der Waals surface area contributed by atoms with Crippen molar-refractivity contribution in [1.82, 2.24) is 14.8 Å². The molecule has 0 amide bonds. The molecule has 1 heterocycles. The van der Waals surface area contributed by atoms with Crippen molar-refractivity contribution in [2.45, 2.75) is 37.0 Å². The maximum Gasteiger partial charge on any atom is 0.307 e. The number of nitrogens with zero attached hydrogens (tertiary/aromatic N) is 3. The van der Waals surface area contributed by atoms with Gasteiger partial charge in [-0.25, -0.2) is 9.67 Å². The predicted molar refractivity (Wildman–Crippen MR) is 78.3 cm³/mol. The molecule has 21 heavy (non-hydrogen) atoms. The smallest absolute Gasteiger partial charge is 0.307 e. The summed E-state index contributed by atoms with van der Waals surface area (Å²) in [6, 6.07) is 6.94. The molecule has 112 valence electrons. The Morgan fingerprint density at radius 2 is 2.00 bits per heavy atom. The van der Waals surface area contributed by atoms with Crippen LogP contribution < -0.4 is 0 Å². The number of rotatable bonds is 6. The van der Waals surface area contributed by atoms with E-state index in [0.29, 0.717) is 16.3 Å². The molecular formula is C14H17N3O3S. The van der Waals surface area contributed by atoms with Crippen LogP contribution in [0.2, 0.25) is 0 Å². The van der Waals surface area contributed by atoms with Crippen LogP contribution >= 0.6 is 0 Å². The number of benzene rings is 1. The van der Waals surface area contributed by atoms with Gasteiger partial charge in [-0.3, -0.25) is 9.00 Å². The van der Waals surface area contributed by atoms with Crippen LogP contribution in [0.3, 0.4) is 0 Å². The monoisotopic (exact) mass is 307 g/mol. The Hall–Kier alpha value is -2.02. The molecule has 7 heteroatoms. The van der Waals surface area contributed by atoms with E-state index in [2.05, 4.69) is 10.1 Å². The Kier molecular flexibility index (Phi) is 4.85. The minimum absolute atomic E-state index is 0.0331. The van der Waals surface area contributed by atoms with Gasteiger partial charge < -0.3 is 5.11 Å². The summed E-state index contributed by atoms with van der Waals surface area (Å²) in [5.41, 5.74) is 0.689. The fraction of sp³-hybridized carbons (Fsp3) is 0.357. The SMILES string of the molecule is CC(C)n1ncnc1CS(=O)c1ccc(CC(=O)O)cc1. The molecular weight excluding hydrogens is 290 g/mol. The first kappa shape index (κ1) is 15.4. The van der Waals surface area contributed by atoms with Gasteiger partial charge in [-0.05, 0) is 31.5 Å². The molecule has 1 aromatic heterocycles. The van der Waals surface area contributed by atoms with E-state index in [4.69, 9.17) is 5.11 Å². The highest BCUT2D eigenvalue weighted by Gasteiger charge is 2.13. The van der Waals surface area contributed by atoms with Crippen LogP contribution in [0.4, 0.5) is 0 Å². The first-order valence-corrected chi connectivity index (χ1v) is 7.86. The van der Waals surface area contributed by atoms with Gasteiger partial charge in [0.25, 0.3) is 0 Å². The molecule has 1 aromatic carbocycles. The Bertz CT molecular complexity index is 650. The van der Waals surface area contributed by atoms with Crippen molar-refractivity contribution in [3.05, 3.63) is 42.0 Å². The summed E-state index contributed by atoms with van der Waals surface area (Å²) in [6.45, 7) is 3.98. The van der Waals surface area contributed by atoms with Crippen molar-refractivity contribution in [2.24, 2.45) is 0 Å². The van der Waals surface area contributed by atoms with Crippen LogP contribution in [0.5, 0.6) is 0 Å². The number of aliphatic carboxylic acids is 1. The summed E-state index contributed by atoms with van der Waals surface area (Å²) in [6.07, 6.45) is 1.43. The van der Waals surface area contributed by atoms with Crippen LogP contribution in [0.1, 0.15) is 31.3 Å². The zero-order valence-corrected chi connectivity index (χ0v) is 12.7. The third kappa shape index (κ3) is 3.98. The van der Waals surface area contributed by atoms with Crippen molar-refractivity contribution in [1.29, 1.82) is 0 Å². The van der Waals surface area contributed by atoms with Gasteiger partial charge in [0.2, 0.25) is 0 Å². The van der Waals surface area contributed by atoms with Gasteiger partial charge in [0.15, 0.2) is 0 Å². The third-order valence-electron chi connectivity index (χ3n) is 2.94. The van der Waals surface area contributed by atoms with Crippen LogP contribution in [0, 0.1) is 0 Å². The minimum Gasteiger partial charge on any atom is -0.481 e. The number of carboxylic acid groups (broad SMARTS) is 1. The highest BCUT2D eigenvalue weighted by Crippen LogP contribution is 2.14. The van der Waals surface area contributed by atoms with Crippen molar-refractivity contribution < 1.29 is 14.1 Å². The Morgan fingerprint density at radius 1 is 1.33 bits per heavy atom. The Labute approximate surface area is 125 Å². The summed E-state index contributed by atoms with van der Waals surface area (Å²) in [7, 11) is -1.23. The molecule has 6 nitrogen and oxygen atoms in total. The molecule has 0 aliphatic carbocycles. The maximum atomic E-state index is 12.3. The van der Waals surface area contributed by atoms with Gasteiger partial charge in [-0.1, -0.05) is 12.1 Å². The van der Waals surface area contributed by atoms with E-state index < -0.39 is 16.8 Å². The zero-order chi connectivity index (χ0) is 15.4. The fourth-order valence-corrected chi connectivity index (χ4v) is 2.99. The standard InChI is InChI=1S/C14H17N3O3S/c1-10(2)17-13(15-9-16-17)8-21(20)12-5-3-11(4-6-12)7-14(18)19/h3-6,9-10H,7-8H2,1-2H3,(H,18,19). The Morgan fingerprint density at radius 3 is 2.57 bits per heavy atom. The molecule has 1 N–H and O–H groups in total. The normalized spacial score (nSPS) is 12.5. The molecule has 0 aliphatic rings. The number of hydrogen-bond acceptors (Lipinski definition) is 4. The fourth-order valence-electron chi connectivity index (χ4n) is 1.94. The van der Waals surface area contributed by atoms with Crippen molar-refractivity contribution in [3.8, 4) is 0 Å². The lowest BCUT2D eigenvalue weighted by Gasteiger charge is -2.09. The molecule has 0 aliphatic heterocycles. The molecule has 0 saturated carbocycles. The molecule has 2 aromatic rings. The van der Waals surface area contributed by atoms with Gasteiger partial charge in [-0.15, -0.1) is 0 Å². The largest absolute Gasteiger partial charge is 0.481 e. The van der Waals surface area contributed by atoms with E-state index in [9.17, 15) is 9.00 Å². The summed E-state index contributed by atoms with van der Waals surface area (Å²) in [4.78, 5) is 15.4. The number of carboxylic acids is 1. The molecule has 1 unspecified atom stereocenters. The lowest BCUT2D eigenvalue weighted by atomic mass is 10.2. The lowest BCUT2D eigenvalue weighted by molar-refractivity contribution is -0.136. The maximum absolute atomic E-state index is 12.3. The second-order valence-corrected chi connectivity index (χ2v) is 6.37. The van der Waals surface area contributed by atoms with Gasteiger partial charge >= 0.3 is 5.97 Å². The Balaban J connectivity index is 2.09. The predicted octanol–water partition coefficient (Wildman–Crippen LogP) is 1.79. The molecule has 0 radical (unpaired) electrons. The topological polar surface area (TPSA) is 85.1 Å². The highest BCUT2D eigenvalue weighted by molar-refractivity contribution is 7.84. The van der Waals surface area contributed by atoms with E-state index in [-0.39, 0.29) is 18.2 Å². The summed E-state index contributed by atoms with van der Waals surface area (Å²) >= 11 is 0. The van der Waals surface area contributed by atoms with Crippen LogP contribution in [-0.2, 0) is 27.8 Å². The van der Waals surface area contributed by atoms with Gasteiger partial charge in [-0.2, -0.15) is 5.10 Å². The van der Waals surface area contributed by atoms with E-state index in [0.717, 1.165) is 0 Å². The number of aromatic nitrogens is 3. The lowest BCUT2D eigenvalue weighted by Crippen LogP contribution is -2.10. The van der Waals surface area contributed by atoms with Crippen molar-refractivity contribution in [3.63, 3.8) is 0 Å². The average molecular weight is 307 g/mol. The number of hydrogen-bond donors (Lipinski definition) is 1. The molecule has 0 spiro atoms.